The summed E-state index contributed by atoms with van der Waals surface area (Å²) in [6.07, 6.45) is 14.7. The van der Waals surface area contributed by atoms with Crippen LogP contribution in [0, 0.1) is 0 Å². The summed E-state index contributed by atoms with van der Waals surface area (Å²) in [5, 5.41) is 0. The first-order valence-corrected chi connectivity index (χ1v) is 15.4. The minimum absolute atomic E-state index is 0. The molecular weight excluding hydrogens is 498 g/mol. The Morgan fingerprint density at radius 1 is 0.588 bits per heavy atom. The summed E-state index contributed by atoms with van der Waals surface area (Å²) in [7, 11) is -10.7. The molecule has 0 saturated heterocycles. The fraction of sp³-hybridized carbons (Fsp3) is 0.957. The van der Waals surface area contributed by atoms with Gasteiger partial charge in [-0.05, 0) is 12.8 Å². The second-order valence-corrected chi connectivity index (χ2v) is 12.5. The smallest absolute Gasteiger partial charge is 1.00 e. The van der Waals surface area contributed by atoms with Crippen molar-refractivity contribution in [3.05, 3.63) is 0 Å². The molecule has 0 amide bonds. The Balaban J connectivity index is -0.000000801. The van der Waals surface area contributed by atoms with Crippen molar-refractivity contribution in [3.8, 4) is 0 Å². The van der Waals surface area contributed by atoms with E-state index >= 15 is 0 Å². The number of carbonyl (C=O) groups excluding carboxylic acids is 1. The third kappa shape index (κ3) is 15.7. The standard InChI is InChI=1S/C23H46O7S2.2Na.2H/c1-3-5-7-9-11-13-14-16-18-20-22(24)23(31(25,26)27,32(28,29)30)21-19-17-15-12-10-8-6-4-2;;;;/h3-21H2,1-2H3,(H,25,26,27)(H,28,29,30);;;;/q;2*+1;2*-1. The van der Waals surface area contributed by atoms with Gasteiger partial charge in [0.25, 0.3) is 24.3 Å². The SMILES string of the molecule is CCCCCCCCCCCC(=O)C(CCCCCCCCCC)(S(=O)(=O)O)S(=O)(=O)O.[H-].[H-].[Na+].[Na+]. The number of Topliss-reactive ketones (excluding diaryl/α,β-unsaturated/α-hetero) is 1. The zero-order valence-corrected chi connectivity index (χ0v) is 27.8. The summed E-state index contributed by atoms with van der Waals surface area (Å²) in [5.74, 6) is -1.13. The molecule has 0 fully saturated rings. The van der Waals surface area contributed by atoms with Gasteiger partial charge in [-0.1, -0.05) is 117 Å². The Morgan fingerprint density at radius 3 is 1.21 bits per heavy atom. The predicted molar refractivity (Wildman–Crippen MR) is 132 cm³/mol. The van der Waals surface area contributed by atoms with E-state index < -0.39 is 36.5 Å². The Bertz CT molecular complexity index is 690. The molecule has 2 N–H and O–H groups in total. The maximum absolute atomic E-state index is 12.7. The number of rotatable bonds is 22. The summed E-state index contributed by atoms with van der Waals surface area (Å²) >= 11 is 0. The molecule has 0 heterocycles. The van der Waals surface area contributed by atoms with Gasteiger partial charge >= 0.3 is 59.1 Å². The van der Waals surface area contributed by atoms with Gasteiger partial charge in [-0.2, -0.15) is 16.8 Å². The minimum Gasteiger partial charge on any atom is -1.00 e. The summed E-state index contributed by atoms with van der Waals surface area (Å²) in [5.41, 5.74) is 0. The van der Waals surface area contributed by atoms with Crippen molar-refractivity contribution in [2.45, 2.75) is 140 Å². The Morgan fingerprint density at radius 2 is 0.882 bits per heavy atom. The van der Waals surface area contributed by atoms with Crippen molar-refractivity contribution in [2.75, 3.05) is 0 Å². The van der Waals surface area contributed by atoms with Gasteiger partial charge in [-0.25, -0.2) is 0 Å². The summed E-state index contributed by atoms with van der Waals surface area (Å²) < 4.78 is 64.4. The van der Waals surface area contributed by atoms with Gasteiger partial charge in [0, 0.05) is 6.42 Å². The molecule has 0 aromatic carbocycles. The first-order chi connectivity index (χ1) is 15.0. The van der Waals surface area contributed by atoms with Gasteiger partial charge in [-0.15, -0.1) is 0 Å². The summed E-state index contributed by atoms with van der Waals surface area (Å²) in [6.45, 7) is 4.28. The van der Waals surface area contributed by atoms with Crippen molar-refractivity contribution >= 4 is 26.0 Å². The molecule has 196 valence electrons. The minimum atomic E-state index is -5.34. The van der Waals surface area contributed by atoms with Gasteiger partial charge in [0.1, 0.15) is 0 Å². The molecule has 0 aliphatic carbocycles. The second kappa shape index (κ2) is 22.5. The largest absolute Gasteiger partial charge is 1.00 e. The predicted octanol–water partition coefficient (Wildman–Crippen LogP) is 0.712. The van der Waals surface area contributed by atoms with E-state index in [4.69, 9.17) is 0 Å². The van der Waals surface area contributed by atoms with E-state index in [1.165, 1.54) is 25.7 Å². The fourth-order valence-corrected chi connectivity index (χ4v) is 6.75. The molecule has 0 aromatic heterocycles. The molecule has 0 rings (SSSR count). The molecule has 0 aliphatic heterocycles. The van der Waals surface area contributed by atoms with Crippen LogP contribution >= 0.6 is 0 Å². The zero-order valence-electron chi connectivity index (χ0n) is 24.2. The van der Waals surface area contributed by atoms with Crippen molar-refractivity contribution in [1.82, 2.24) is 0 Å². The van der Waals surface area contributed by atoms with Crippen molar-refractivity contribution < 1.29 is 92.7 Å². The second-order valence-electron chi connectivity index (χ2n) is 8.93. The van der Waals surface area contributed by atoms with Gasteiger partial charge in [0.15, 0.2) is 5.78 Å². The molecule has 0 aromatic rings. The molecule has 0 atom stereocenters. The molecule has 0 aliphatic rings. The number of unbranched alkanes of at least 4 members (excludes halogenated alkanes) is 15. The number of carbonyl (C=O) groups is 1. The Hall–Kier alpha value is 1.49. The number of hydrogen-bond acceptors (Lipinski definition) is 5. The fourth-order valence-electron chi connectivity index (χ4n) is 4.10. The molecular formula is C23H48Na2O7S2. The molecule has 11 heteroatoms. The quantitative estimate of drug-likeness (QED) is 0.116. The van der Waals surface area contributed by atoms with Gasteiger partial charge in [0.05, 0.1) is 0 Å². The van der Waals surface area contributed by atoms with E-state index in [0.29, 0.717) is 19.3 Å². The molecule has 34 heavy (non-hydrogen) atoms. The average Bonchev–Trinajstić information content (AvgIpc) is 2.69. The number of ketones is 1. The van der Waals surface area contributed by atoms with Crippen LogP contribution in [0.3, 0.4) is 0 Å². The van der Waals surface area contributed by atoms with Crippen LogP contribution < -0.4 is 59.1 Å². The third-order valence-electron chi connectivity index (χ3n) is 6.13. The molecule has 0 unspecified atom stereocenters. The first kappa shape index (κ1) is 40.0. The van der Waals surface area contributed by atoms with Crippen LogP contribution in [0.1, 0.15) is 139 Å². The first-order valence-electron chi connectivity index (χ1n) is 12.5. The van der Waals surface area contributed by atoms with Gasteiger partial charge in [-0.3, -0.25) is 13.9 Å². The third-order valence-corrected chi connectivity index (χ3v) is 9.92. The van der Waals surface area contributed by atoms with Crippen molar-refractivity contribution in [1.29, 1.82) is 0 Å². The van der Waals surface area contributed by atoms with Gasteiger partial charge < -0.3 is 2.85 Å². The summed E-state index contributed by atoms with van der Waals surface area (Å²) in [6, 6.07) is 0. The van der Waals surface area contributed by atoms with E-state index in [0.717, 1.165) is 57.8 Å². The molecule has 0 radical (unpaired) electrons. The van der Waals surface area contributed by atoms with E-state index in [9.17, 15) is 30.7 Å². The van der Waals surface area contributed by atoms with Crippen LogP contribution in [0.2, 0.25) is 0 Å². The van der Waals surface area contributed by atoms with E-state index in [-0.39, 0.29) is 74.8 Å². The van der Waals surface area contributed by atoms with Crippen LogP contribution in [0.25, 0.3) is 0 Å². The van der Waals surface area contributed by atoms with Crippen LogP contribution in [0.5, 0.6) is 0 Å². The maximum Gasteiger partial charge on any atom is 1.00 e. The molecule has 0 bridgehead atoms. The topological polar surface area (TPSA) is 126 Å². The van der Waals surface area contributed by atoms with Crippen molar-refractivity contribution in [2.24, 2.45) is 0 Å². The summed E-state index contributed by atoms with van der Waals surface area (Å²) in [4.78, 5) is 12.7. The normalized spacial score (nSPS) is 12.1. The maximum atomic E-state index is 12.7. The Kier molecular flexibility index (Phi) is 26.4. The molecule has 0 spiro atoms. The number of hydrogen-bond donors (Lipinski definition) is 2. The zero-order chi connectivity index (χ0) is 24.5. The van der Waals surface area contributed by atoms with Gasteiger partial charge in [0.2, 0.25) is 0 Å². The Labute approximate surface area is 256 Å². The average molecular weight is 547 g/mol. The van der Waals surface area contributed by atoms with Crippen LogP contribution in [0.15, 0.2) is 0 Å². The van der Waals surface area contributed by atoms with Crippen LogP contribution in [-0.4, -0.2) is 35.8 Å². The molecule has 7 nitrogen and oxygen atoms in total. The van der Waals surface area contributed by atoms with E-state index in [1.54, 1.807) is 0 Å². The monoisotopic (exact) mass is 546 g/mol. The van der Waals surface area contributed by atoms with Crippen molar-refractivity contribution in [3.63, 3.8) is 0 Å². The van der Waals surface area contributed by atoms with Crippen LogP contribution in [-0.2, 0) is 25.0 Å². The van der Waals surface area contributed by atoms with E-state index in [2.05, 4.69) is 13.8 Å². The van der Waals surface area contributed by atoms with E-state index in [1.807, 2.05) is 0 Å². The van der Waals surface area contributed by atoms with Crippen LogP contribution in [0.4, 0.5) is 0 Å². The molecule has 0 saturated carbocycles.